The van der Waals surface area contributed by atoms with Crippen molar-refractivity contribution in [3.05, 3.63) is 0 Å². The number of ether oxygens (including phenoxy) is 1. The molecule has 0 amide bonds. The van der Waals surface area contributed by atoms with E-state index in [0.29, 0.717) is 5.92 Å². The topological polar surface area (TPSA) is 32.7 Å². The molecule has 3 nitrogen and oxygen atoms in total. The molecule has 0 radical (unpaired) electrons. The highest BCUT2D eigenvalue weighted by molar-refractivity contribution is 4.90. The lowest BCUT2D eigenvalue weighted by molar-refractivity contribution is -0.188. The molecule has 1 saturated heterocycles. The van der Waals surface area contributed by atoms with Crippen LogP contribution in [-0.4, -0.2) is 36.1 Å². The molecule has 0 aliphatic carbocycles. The van der Waals surface area contributed by atoms with Crippen LogP contribution >= 0.6 is 0 Å². The van der Waals surface area contributed by atoms with Crippen LogP contribution in [0.1, 0.15) is 52.9 Å². The molecular formula is C14H29NO2. The van der Waals surface area contributed by atoms with E-state index in [9.17, 15) is 5.21 Å². The zero-order valence-electron chi connectivity index (χ0n) is 11.9. The number of hydrogen-bond acceptors (Lipinski definition) is 3. The standard InChI is InChI=1S/C14H29NO2/c1-5-6-12(2)13(3)11-14(15(4)16)7-9-17-10-8-14/h12-13,16H,5-11H2,1-4H3. The number of hydrogen-bond donors (Lipinski definition) is 1. The van der Waals surface area contributed by atoms with Gasteiger partial charge in [0.25, 0.3) is 0 Å². The van der Waals surface area contributed by atoms with Gasteiger partial charge in [0, 0.05) is 20.3 Å². The summed E-state index contributed by atoms with van der Waals surface area (Å²) in [6.45, 7) is 8.45. The lowest BCUT2D eigenvalue weighted by atomic mass is 9.76. The van der Waals surface area contributed by atoms with E-state index >= 15 is 0 Å². The maximum atomic E-state index is 9.97. The van der Waals surface area contributed by atoms with Gasteiger partial charge in [-0.15, -0.1) is 0 Å². The highest BCUT2D eigenvalue weighted by atomic mass is 16.5. The fourth-order valence-corrected chi connectivity index (χ4v) is 2.95. The Hall–Kier alpha value is -0.120. The first kappa shape index (κ1) is 14.9. The second-order valence-corrected chi connectivity index (χ2v) is 5.81. The molecular weight excluding hydrogens is 214 g/mol. The molecule has 1 heterocycles. The average Bonchev–Trinajstić information content (AvgIpc) is 2.30. The van der Waals surface area contributed by atoms with Crippen LogP contribution in [0.4, 0.5) is 0 Å². The monoisotopic (exact) mass is 243 g/mol. The van der Waals surface area contributed by atoms with Gasteiger partial charge in [-0.05, 0) is 31.1 Å². The fraction of sp³-hybridized carbons (Fsp3) is 1.00. The third kappa shape index (κ3) is 3.94. The smallest absolute Gasteiger partial charge is 0.0503 e. The molecule has 1 N–H and O–H groups in total. The Kier molecular flexibility index (Phi) is 5.90. The maximum absolute atomic E-state index is 9.97. The molecule has 1 fully saturated rings. The van der Waals surface area contributed by atoms with Gasteiger partial charge in [0.05, 0.1) is 5.54 Å². The summed E-state index contributed by atoms with van der Waals surface area (Å²) in [5.74, 6) is 1.39. The molecule has 0 bridgehead atoms. The average molecular weight is 243 g/mol. The van der Waals surface area contributed by atoms with Crippen molar-refractivity contribution in [3.63, 3.8) is 0 Å². The van der Waals surface area contributed by atoms with Gasteiger partial charge < -0.3 is 9.94 Å². The van der Waals surface area contributed by atoms with Crippen LogP contribution in [0.25, 0.3) is 0 Å². The summed E-state index contributed by atoms with van der Waals surface area (Å²) in [4.78, 5) is 0. The van der Waals surface area contributed by atoms with Crippen molar-refractivity contribution in [1.82, 2.24) is 5.06 Å². The lowest BCUT2D eigenvalue weighted by Crippen LogP contribution is -2.50. The summed E-state index contributed by atoms with van der Waals surface area (Å²) in [6, 6.07) is 0. The minimum absolute atomic E-state index is 0.0559. The molecule has 0 saturated carbocycles. The summed E-state index contributed by atoms with van der Waals surface area (Å²) in [5, 5.41) is 11.4. The van der Waals surface area contributed by atoms with Crippen molar-refractivity contribution < 1.29 is 9.94 Å². The van der Waals surface area contributed by atoms with Crippen LogP contribution in [0.5, 0.6) is 0 Å². The number of nitrogens with zero attached hydrogens (tertiary/aromatic N) is 1. The van der Waals surface area contributed by atoms with E-state index in [1.807, 2.05) is 0 Å². The van der Waals surface area contributed by atoms with E-state index in [-0.39, 0.29) is 5.54 Å². The lowest BCUT2D eigenvalue weighted by Gasteiger charge is -2.43. The van der Waals surface area contributed by atoms with Crippen molar-refractivity contribution in [3.8, 4) is 0 Å². The predicted molar refractivity (Wildman–Crippen MR) is 70.2 cm³/mol. The van der Waals surface area contributed by atoms with E-state index < -0.39 is 0 Å². The molecule has 0 aromatic carbocycles. The first-order valence-corrected chi connectivity index (χ1v) is 7.02. The minimum atomic E-state index is -0.0559. The molecule has 1 rings (SSSR count). The quantitative estimate of drug-likeness (QED) is 0.726. The van der Waals surface area contributed by atoms with Crippen molar-refractivity contribution in [2.75, 3.05) is 20.3 Å². The Morgan fingerprint density at radius 3 is 2.29 bits per heavy atom. The largest absolute Gasteiger partial charge is 0.381 e. The Bertz CT molecular complexity index is 212. The first-order valence-electron chi connectivity index (χ1n) is 7.02. The fourth-order valence-electron chi connectivity index (χ4n) is 2.95. The molecule has 2 unspecified atom stereocenters. The number of hydroxylamine groups is 2. The normalized spacial score (nSPS) is 23.6. The van der Waals surface area contributed by atoms with Gasteiger partial charge in [0.2, 0.25) is 0 Å². The summed E-state index contributed by atoms with van der Waals surface area (Å²) >= 11 is 0. The second kappa shape index (κ2) is 6.72. The molecule has 2 atom stereocenters. The second-order valence-electron chi connectivity index (χ2n) is 5.81. The Labute approximate surface area is 106 Å². The Balaban J connectivity index is 2.59. The van der Waals surface area contributed by atoms with Gasteiger partial charge in [-0.3, -0.25) is 0 Å². The van der Waals surface area contributed by atoms with Crippen LogP contribution in [0, 0.1) is 11.8 Å². The maximum Gasteiger partial charge on any atom is 0.0503 e. The van der Waals surface area contributed by atoms with Crippen molar-refractivity contribution in [2.45, 2.75) is 58.4 Å². The predicted octanol–water partition coefficient (Wildman–Crippen LogP) is 3.32. The van der Waals surface area contributed by atoms with Gasteiger partial charge in [0.1, 0.15) is 0 Å². The van der Waals surface area contributed by atoms with Crippen molar-refractivity contribution in [2.24, 2.45) is 11.8 Å². The minimum Gasteiger partial charge on any atom is -0.381 e. The molecule has 1 aliphatic rings. The summed E-state index contributed by atoms with van der Waals surface area (Å²) < 4.78 is 5.43. The van der Waals surface area contributed by atoms with Crippen LogP contribution in [0.15, 0.2) is 0 Å². The number of rotatable bonds is 6. The SMILES string of the molecule is CCCC(C)C(C)CC1(N(C)O)CCOCC1. The highest BCUT2D eigenvalue weighted by Gasteiger charge is 2.38. The van der Waals surface area contributed by atoms with Crippen molar-refractivity contribution in [1.29, 1.82) is 0 Å². The third-order valence-electron chi connectivity index (χ3n) is 4.53. The molecule has 102 valence electrons. The Morgan fingerprint density at radius 1 is 1.24 bits per heavy atom. The van der Waals surface area contributed by atoms with E-state index in [4.69, 9.17) is 4.74 Å². The molecule has 0 aromatic rings. The van der Waals surface area contributed by atoms with Crippen LogP contribution in [0.2, 0.25) is 0 Å². The van der Waals surface area contributed by atoms with Crippen molar-refractivity contribution >= 4 is 0 Å². The first-order chi connectivity index (χ1) is 8.02. The zero-order valence-corrected chi connectivity index (χ0v) is 11.9. The summed E-state index contributed by atoms with van der Waals surface area (Å²) in [5.41, 5.74) is -0.0559. The third-order valence-corrected chi connectivity index (χ3v) is 4.53. The molecule has 0 spiro atoms. The molecule has 17 heavy (non-hydrogen) atoms. The van der Waals surface area contributed by atoms with Gasteiger partial charge in [-0.25, -0.2) is 0 Å². The van der Waals surface area contributed by atoms with E-state index in [2.05, 4.69) is 20.8 Å². The molecule has 1 aliphatic heterocycles. The van der Waals surface area contributed by atoms with Gasteiger partial charge in [0.15, 0.2) is 0 Å². The van der Waals surface area contributed by atoms with Crippen LogP contribution in [-0.2, 0) is 4.74 Å². The summed E-state index contributed by atoms with van der Waals surface area (Å²) in [7, 11) is 1.79. The van der Waals surface area contributed by atoms with Gasteiger partial charge >= 0.3 is 0 Å². The van der Waals surface area contributed by atoms with Gasteiger partial charge in [-0.1, -0.05) is 33.6 Å². The Morgan fingerprint density at radius 2 is 1.82 bits per heavy atom. The highest BCUT2D eigenvalue weighted by Crippen LogP contribution is 2.35. The van der Waals surface area contributed by atoms with E-state index in [0.717, 1.165) is 38.4 Å². The zero-order chi connectivity index (χ0) is 12.9. The van der Waals surface area contributed by atoms with E-state index in [1.165, 1.54) is 17.9 Å². The van der Waals surface area contributed by atoms with Gasteiger partial charge in [-0.2, -0.15) is 5.06 Å². The molecule has 0 aromatic heterocycles. The molecule has 3 heteroatoms. The van der Waals surface area contributed by atoms with Crippen LogP contribution < -0.4 is 0 Å². The van der Waals surface area contributed by atoms with Crippen LogP contribution in [0.3, 0.4) is 0 Å². The summed E-state index contributed by atoms with van der Waals surface area (Å²) in [6.07, 6.45) is 5.50. The van der Waals surface area contributed by atoms with E-state index in [1.54, 1.807) is 7.05 Å².